The van der Waals surface area contributed by atoms with E-state index in [-0.39, 0.29) is 11.8 Å². The van der Waals surface area contributed by atoms with Gasteiger partial charge in [0.15, 0.2) is 10.8 Å². The summed E-state index contributed by atoms with van der Waals surface area (Å²) < 4.78 is 0. The Balaban J connectivity index is 1.12. The topological polar surface area (TPSA) is 124 Å². The van der Waals surface area contributed by atoms with Gasteiger partial charge in [-0.1, -0.05) is 66.4 Å². The molecule has 1 aliphatic rings. The molecule has 4 N–H and O–H groups in total. The molecule has 0 saturated heterocycles. The largest absolute Gasteiger partial charge is 0.323 e. The molecule has 0 saturated carbocycles. The number of aryl methyl sites for hydroxylation is 1. The molecule has 43 heavy (non-hydrogen) atoms. The van der Waals surface area contributed by atoms with Crippen molar-refractivity contribution in [2.24, 2.45) is 5.10 Å². The first-order valence-corrected chi connectivity index (χ1v) is 15.5. The maximum atomic E-state index is 12.8. The van der Waals surface area contributed by atoms with Gasteiger partial charge in [0.2, 0.25) is 11.8 Å². The normalized spacial score (nSPS) is 16.0. The van der Waals surface area contributed by atoms with Gasteiger partial charge in [0.1, 0.15) is 0 Å². The number of carbonyl (C=O) groups excluding carboxylic acids is 2. The molecule has 11 heteroatoms. The Morgan fingerprint density at radius 1 is 0.884 bits per heavy atom. The average Bonchev–Trinajstić information content (AvgIpc) is 3.34. The molecule has 1 atom stereocenters. The van der Waals surface area contributed by atoms with E-state index in [4.69, 9.17) is 0 Å². The number of anilines is 1. The number of rotatable bonds is 16. The van der Waals surface area contributed by atoms with Crippen molar-refractivity contribution in [1.82, 2.24) is 31.2 Å². The zero-order valence-corrected chi connectivity index (χ0v) is 26.0. The van der Waals surface area contributed by atoms with Gasteiger partial charge < -0.3 is 20.9 Å². The molecule has 2 heterocycles. The Bertz CT molecular complexity index is 1370. The highest BCUT2D eigenvalue weighted by molar-refractivity contribution is 8.15. The van der Waals surface area contributed by atoms with Crippen LogP contribution in [0.25, 0.3) is 0 Å². The highest BCUT2D eigenvalue weighted by Crippen LogP contribution is 2.29. The first-order valence-electron chi connectivity index (χ1n) is 14.7. The lowest BCUT2D eigenvalue weighted by molar-refractivity contribution is -0.121. The lowest BCUT2D eigenvalue weighted by Crippen LogP contribution is -2.50. The van der Waals surface area contributed by atoms with Gasteiger partial charge in [0.05, 0.1) is 23.6 Å². The fourth-order valence-corrected chi connectivity index (χ4v) is 5.67. The van der Waals surface area contributed by atoms with E-state index in [2.05, 4.69) is 67.8 Å². The molecule has 3 aromatic rings. The molecule has 1 unspecified atom stereocenters. The third kappa shape index (κ3) is 11.4. The van der Waals surface area contributed by atoms with Crippen molar-refractivity contribution in [3.8, 4) is 0 Å². The van der Waals surface area contributed by atoms with Gasteiger partial charge in [0, 0.05) is 19.6 Å². The molecule has 0 aliphatic carbocycles. The highest BCUT2D eigenvalue weighted by Gasteiger charge is 2.33. The van der Waals surface area contributed by atoms with Crippen LogP contribution < -0.4 is 21.4 Å². The van der Waals surface area contributed by atoms with Crippen LogP contribution in [0, 0.1) is 0 Å². The number of hydrazone groups is 1. The lowest BCUT2D eigenvalue weighted by Gasteiger charge is -2.24. The number of hydrogen-bond donors (Lipinski definition) is 4. The molecule has 0 fully saturated rings. The Morgan fingerprint density at radius 2 is 1.63 bits per heavy atom. The Morgan fingerprint density at radius 3 is 2.40 bits per heavy atom. The summed E-state index contributed by atoms with van der Waals surface area (Å²) in [5.74, 6) is 0.289. The van der Waals surface area contributed by atoms with Gasteiger partial charge >= 0.3 is 0 Å². The maximum absolute atomic E-state index is 12.8. The van der Waals surface area contributed by atoms with Gasteiger partial charge in [-0.15, -0.1) is 5.10 Å². The van der Waals surface area contributed by atoms with Crippen molar-refractivity contribution >= 4 is 34.4 Å². The number of aromatic nitrogens is 2. The number of hydrogen-bond acceptors (Lipinski definition) is 9. The number of carbonyl (C=O) groups is 2. The fraction of sp³-hybridized carbons (Fsp3) is 0.406. The van der Waals surface area contributed by atoms with Crippen molar-refractivity contribution in [3.63, 3.8) is 0 Å². The van der Waals surface area contributed by atoms with E-state index >= 15 is 0 Å². The molecule has 2 aromatic carbocycles. The van der Waals surface area contributed by atoms with E-state index in [1.165, 1.54) is 5.56 Å². The standard InChI is InChI=1S/C32H42N8O2S/c1-32(35-30(42)22-25-12-9-13-26(20-25)23-33-18-19-40(2)3)39-38-31(43-32)15-8-7-14-27-16-17-28(37-36-27)34-29(41)21-24-10-5-4-6-11-24/h4-6,9-13,16-17,20,33,39H,7-8,14-15,18-19,21-23H2,1-3H3,(H,35,42)(H,34,37,41). The van der Waals surface area contributed by atoms with Gasteiger partial charge in [-0.2, -0.15) is 10.2 Å². The second-order valence-corrected chi connectivity index (χ2v) is 12.6. The molecule has 0 spiro atoms. The molecule has 10 nitrogen and oxygen atoms in total. The number of amides is 2. The average molecular weight is 603 g/mol. The van der Waals surface area contributed by atoms with Gasteiger partial charge in [0.25, 0.3) is 0 Å². The minimum absolute atomic E-state index is 0.0463. The summed E-state index contributed by atoms with van der Waals surface area (Å²) in [4.78, 5) is 26.6. The third-order valence-corrected chi connectivity index (χ3v) is 7.92. The highest BCUT2D eigenvalue weighted by atomic mass is 32.2. The maximum Gasteiger partial charge on any atom is 0.229 e. The molecule has 4 rings (SSSR count). The Hall–Kier alpha value is -3.80. The van der Waals surface area contributed by atoms with Gasteiger partial charge in [-0.25, -0.2) is 0 Å². The summed E-state index contributed by atoms with van der Waals surface area (Å²) >= 11 is 1.55. The number of nitrogens with zero attached hydrogens (tertiary/aromatic N) is 4. The monoisotopic (exact) mass is 602 g/mol. The molecule has 228 valence electrons. The quantitative estimate of drug-likeness (QED) is 0.183. The third-order valence-electron chi connectivity index (χ3n) is 6.78. The van der Waals surface area contributed by atoms with Crippen LogP contribution in [0.1, 0.15) is 48.6 Å². The van der Waals surface area contributed by atoms with E-state index in [1.54, 1.807) is 17.8 Å². The van der Waals surface area contributed by atoms with Gasteiger partial charge in [-0.05, 0) is 75.5 Å². The fourth-order valence-electron chi connectivity index (χ4n) is 4.60. The second kappa shape index (κ2) is 16.2. The summed E-state index contributed by atoms with van der Waals surface area (Å²) in [7, 11) is 4.12. The number of thioether (sulfide) groups is 1. The lowest BCUT2D eigenvalue weighted by atomic mass is 10.1. The minimum atomic E-state index is -0.663. The SMILES string of the molecule is CN(C)CCNCc1cccc(CC(=O)NC2(C)NN=C(CCCCc3ccc(NC(=O)Cc4ccccc4)nn3)S2)c1. The van der Waals surface area contributed by atoms with Crippen LogP contribution in [0.3, 0.4) is 0 Å². The Labute approximate surface area is 258 Å². The van der Waals surface area contributed by atoms with Crippen LogP contribution in [0.15, 0.2) is 71.8 Å². The number of benzene rings is 2. The van der Waals surface area contributed by atoms with Gasteiger partial charge in [-0.3, -0.25) is 15.0 Å². The first kappa shape index (κ1) is 32.1. The van der Waals surface area contributed by atoms with Crippen LogP contribution in [0.2, 0.25) is 0 Å². The predicted octanol–water partition coefficient (Wildman–Crippen LogP) is 3.70. The van der Waals surface area contributed by atoms with Crippen molar-refractivity contribution in [1.29, 1.82) is 0 Å². The van der Waals surface area contributed by atoms with Crippen LogP contribution in [0.5, 0.6) is 0 Å². The summed E-state index contributed by atoms with van der Waals surface area (Å²) in [5, 5.41) is 23.2. The van der Waals surface area contributed by atoms with Crippen molar-refractivity contribution in [3.05, 3.63) is 89.1 Å². The molecule has 1 aromatic heterocycles. The van der Waals surface area contributed by atoms with Crippen LogP contribution in [0.4, 0.5) is 5.82 Å². The number of likely N-dealkylation sites (N-methyl/N-ethyl adjacent to an activating group) is 1. The molecule has 2 amide bonds. The predicted molar refractivity (Wildman–Crippen MR) is 173 cm³/mol. The van der Waals surface area contributed by atoms with Crippen LogP contribution in [-0.4, -0.2) is 64.1 Å². The second-order valence-electron chi connectivity index (χ2n) is 11.1. The van der Waals surface area contributed by atoms with Crippen molar-refractivity contribution < 1.29 is 9.59 Å². The summed E-state index contributed by atoms with van der Waals surface area (Å²) in [6, 6.07) is 21.4. The van der Waals surface area contributed by atoms with Crippen LogP contribution >= 0.6 is 11.8 Å². The summed E-state index contributed by atoms with van der Waals surface area (Å²) in [6.07, 6.45) is 4.08. The molecule has 0 radical (unpaired) electrons. The number of nitrogens with one attached hydrogen (secondary N) is 4. The minimum Gasteiger partial charge on any atom is -0.323 e. The molecule has 0 bridgehead atoms. The smallest absolute Gasteiger partial charge is 0.229 e. The zero-order valence-electron chi connectivity index (χ0n) is 25.2. The number of unbranched alkanes of at least 4 members (excludes halogenated alkanes) is 1. The van der Waals surface area contributed by atoms with E-state index in [1.807, 2.05) is 55.5 Å². The summed E-state index contributed by atoms with van der Waals surface area (Å²) in [6.45, 7) is 4.61. The van der Waals surface area contributed by atoms with E-state index in [0.717, 1.165) is 67.2 Å². The van der Waals surface area contributed by atoms with Crippen LogP contribution in [-0.2, 0) is 35.4 Å². The Kier molecular flexibility index (Phi) is 12.1. The molecular formula is C32H42N8O2S. The molecular weight excluding hydrogens is 560 g/mol. The zero-order chi connectivity index (χ0) is 30.5. The summed E-state index contributed by atoms with van der Waals surface area (Å²) in [5.41, 5.74) is 7.09. The van der Waals surface area contributed by atoms with Crippen molar-refractivity contribution in [2.45, 2.75) is 57.0 Å². The van der Waals surface area contributed by atoms with E-state index in [9.17, 15) is 9.59 Å². The molecule has 1 aliphatic heterocycles. The van der Waals surface area contributed by atoms with E-state index < -0.39 is 4.99 Å². The first-order chi connectivity index (χ1) is 20.8. The van der Waals surface area contributed by atoms with E-state index in [0.29, 0.717) is 18.7 Å². The van der Waals surface area contributed by atoms with Crippen molar-refractivity contribution in [2.75, 3.05) is 32.5 Å².